The molecule has 3 heterocycles. The SMILES string of the molecule is Cc1cccc(-n2c(C)nnc2SCc2nc(-c3cccs3)no2)c1. The molecule has 0 radical (unpaired) electrons. The zero-order chi connectivity index (χ0) is 17.2. The van der Waals surface area contributed by atoms with Gasteiger partial charge in [-0.2, -0.15) is 4.98 Å². The van der Waals surface area contributed by atoms with E-state index in [1.54, 1.807) is 11.3 Å². The number of hydrogen-bond acceptors (Lipinski definition) is 7. The van der Waals surface area contributed by atoms with E-state index in [1.165, 1.54) is 17.3 Å². The number of thiophene rings is 1. The van der Waals surface area contributed by atoms with Crippen molar-refractivity contribution in [2.45, 2.75) is 24.8 Å². The summed E-state index contributed by atoms with van der Waals surface area (Å²) < 4.78 is 7.38. The van der Waals surface area contributed by atoms with Gasteiger partial charge in [-0.25, -0.2) is 0 Å². The van der Waals surface area contributed by atoms with Gasteiger partial charge < -0.3 is 4.52 Å². The standard InChI is InChI=1S/C17H15N5OS2/c1-11-5-3-6-13(9-11)22-12(2)19-20-17(22)25-10-15-18-16(21-23-15)14-7-4-8-24-14/h3-9H,10H2,1-2H3. The third kappa shape index (κ3) is 3.35. The molecule has 3 aromatic heterocycles. The lowest BCUT2D eigenvalue weighted by atomic mass is 10.2. The van der Waals surface area contributed by atoms with Crippen molar-refractivity contribution >= 4 is 23.1 Å². The van der Waals surface area contributed by atoms with E-state index >= 15 is 0 Å². The van der Waals surface area contributed by atoms with E-state index in [4.69, 9.17) is 4.52 Å². The maximum atomic E-state index is 5.35. The van der Waals surface area contributed by atoms with E-state index in [-0.39, 0.29) is 0 Å². The number of nitrogens with zero attached hydrogens (tertiary/aromatic N) is 5. The number of benzene rings is 1. The second kappa shape index (κ2) is 6.81. The highest BCUT2D eigenvalue weighted by atomic mass is 32.2. The van der Waals surface area contributed by atoms with Gasteiger partial charge in [-0.15, -0.1) is 21.5 Å². The van der Waals surface area contributed by atoms with Crippen LogP contribution in [0.1, 0.15) is 17.3 Å². The Morgan fingerprint density at radius 1 is 1.16 bits per heavy atom. The molecule has 0 aliphatic heterocycles. The molecule has 0 unspecified atom stereocenters. The fourth-order valence-electron chi connectivity index (χ4n) is 2.45. The van der Waals surface area contributed by atoms with Gasteiger partial charge >= 0.3 is 0 Å². The lowest BCUT2D eigenvalue weighted by molar-refractivity contribution is 0.391. The first-order chi connectivity index (χ1) is 12.2. The lowest BCUT2D eigenvalue weighted by Gasteiger charge is -2.08. The summed E-state index contributed by atoms with van der Waals surface area (Å²) in [6, 6.07) is 12.2. The Morgan fingerprint density at radius 3 is 2.88 bits per heavy atom. The largest absolute Gasteiger partial charge is 0.338 e. The van der Waals surface area contributed by atoms with Gasteiger partial charge in [0.25, 0.3) is 0 Å². The van der Waals surface area contributed by atoms with Crippen molar-refractivity contribution in [1.29, 1.82) is 0 Å². The molecule has 126 valence electrons. The summed E-state index contributed by atoms with van der Waals surface area (Å²) in [7, 11) is 0. The molecule has 0 aliphatic rings. The minimum atomic E-state index is 0.544. The Balaban J connectivity index is 1.54. The molecule has 0 spiro atoms. The number of aryl methyl sites for hydroxylation is 2. The summed E-state index contributed by atoms with van der Waals surface area (Å²) in [5.74, 6) is 2.59. The van der Waals surface area contributed by atoms with Crippen LogP contribution in [0.2, 0.25) is 0 Å². The van der Waals surface area contributed by atoms with Crippen molar-refractivity contribution in [3.8, 4) is 16.4 Å². The molecule has 4 rings (SSSR count). The van der Waals surface area contributed by atoms with Gasteiger partial charge in [0.1, 0.15) is 5.82 Å². The van der Waals surface area contributed by atoms with Crippen molar-refractivity contribution in [1.82, 2.24) is 24.9 Å². The Labute approximate surface area is 152 Å². The summed E-state index contributed by atoms with van der Waals surface area (Å²) in [5.41, 5.74) is 2.24. The van der Waals surface area contributed by atoms with Crippen molar-refractivity contribution < 1.29 is 4.52 Å². The molecular weight excluding hydrogens is 354 g/mol. The molecule has 0 fully saturated rings. The molecule has 0 N–H and O–H groups in total. The van der Waals surface area contributed by atoms with Crippen LogP contribution in [-0.2, 0) is 5.75 Å². The smallest absolute Gasteiger partial charge is 0.237 e. The highest BCUT2D eigenvalue weighted by Crippen LogP contribution is 2.27. The average Bonchev–Trinajstić information content (AvgIpc) is 3.33. The topological polar surface area (TPSA) is 69.6 Å². The van der Waals surface area contributed by atoms with Crippen molar-refractivity contribution in [2.24, 2.45) is 0 Å². The monoisotopic (exact) mass is 369 g/mol. The zero-order valence-corrected chi connectivity index (χ0v) is 15.3. The van der Waals surface area contributed by atoms with Crippen molar-refractivity contribution in [3.05, 3.63) is 59.1 Å². The average molecular weight is 369 g/mol. The summed E-state index contributed by atoms with van der Waals surface area (Å²) in [6.07, 6.45) is 0. The summed E-state index contributed by atoms with van der Waals surface area (Å²) in [4.78, 5) is 5.44. The second-order valence-corrected chi connectivity index (χ2v) is 7.37. The maximum absolute atomic E-state index is 5.35. The first kappa shape index (κ1) is 16.0. The normalized spacial score (nSPS) is 11.1. The Hall–Kier alpha value is -2.45. The molecular formula is C17H15N5OS2. The van der Waals surface area contributed by atoms with Gasteiger partial charge in [-0.3, -0.25) is 4.57 Å². The molecule has 1 aromatic carbocycles. The van der Waals surface area contributed by atoms with Crippen LogP contribution in [0.25, 0.3) is 16.4 Å². The summed E-state index contributed by atoms with van der Waals surface area (Å²) >= 11 is 3.12. The minimum Gasteiger partial charge on any atom is -0.338 e. The van der Waals surface area contributed by atoms with Crippen LogP contribution in [0.3, 0.4) is 0 Å². The van der Waals surface area contributed by atoms with Crippen molar-refractivity contribution in [3.63, 3.8) is 0 Å². The van der Waals surface area contributed by atoms with E-state index < -0.39 is 0 Å². The van der Waals surface area contributed by atoms with E-state index in [2.05, 4.69) is 45.5 Å². The lowest BCUT2D eigenvalue weighted by Crippen LogP contribution is -1.99. The molecule has 0 bridgehead atoms. The molecule has 0 atom stereocenters. The van der Waals surface area contributed by atoms with Crippen LogP contribution in [0.4, 0.5) is 0 Å². The third-order valence-corrected chi connectivity index (χ3v) is 5.37. The third-order valence-electron chi connectivity index (χ3n) is 3.59. The number of rotatable bonds is 5. The van der Waals surface area contributed by atoms with E-state index in [0.717, 1.165) is 21.5 Å². The highest BCUT2D eigenvalue weighted by molar-refractivity contribution is 7.98. The minimum absolute atomic E-state index is 0.544. The molecule has 25 heavy (non-hydrogen) atoms. The van der Waals surface area contributed by atoms with Gasteiger partial charge in [0.2, 0.25) is 11.7 Å². The molecule has 6 nitrogen and oxygen atoms in total. The molecule has 0 saturated carbocycles. The van der Waals surface area contributed by atoms with Crippen LogP contribution < -0.4 is 0 Å². The van der Waals surface area contributed by atoms with Gasteiger partial charge in [0.05, 0.1) is 10.6 Å². The Bertz CT molecular complexity index is 990. The molecule has 0 amide bonds. The quantitative estimate of drug-likeness (QED) is 0.489. The van der Waals surface area contributed by atoms with Crippen LogP contribution >= 0.6 is 23.1 Å². The fraction of sp³-hybridized carbons (Fsp3) is 0.176. The van der Waals surface area contributed by atoms with E-state index in [0.29, 0.717) is 17.5 Å². The predicted octanol–water partition coefficient (Wildman–Crippen LogP) is 4.29. The van der Waals surface area contributed by atoms with Crippen molar-refractivity contribution in [2.75, 3.05) is 0 Å². The van der Waals surface area contributed by atoms with Gasteiger partial charge in [-0.1, -0.05) is 35.1 Å². The first-order valence-electron chi connectivity index (χ1n) is 7.69. The van der Waals surface area contributed by atoms with Crippen LogP contribution in [0, 0.1) is 13.8 Å². The first-order valence-corrected chi connectivity index (χ1v) is 9.55. The molecule has 0 saturated heterocycles. The van der Waals surface area contributed by atoms with Gasteiger partial charge in [0.15, 0.2) is 5.16 Å². The van der Waals surface area contributed by atoms with E-state index in [9.17, 15) is 0 Å². The van der Waals surface area contributed by atoms with E-state index in [1.807, 2.05) is 35.1 Å². The molecule has 8 heteroatoms. The Morgan fingerprint density at radius 2 is 2.08 bits per heavy atom. The molecule has 0 aliphatic carbocycles. The van der Waals surface area contributed by atoms with Gasteiger partial charge in [0, 0.05) is 5.69 Å². The predicted molar refractivity (Wildman–Crippen MR) is 98.0 cm³/mol. The number of thioether (sulfide) groups is 1. The zero-order valence-electron chi connectivity index (χ0n) is 13.7. The highest BCUT2D eigenvalue weighted by Gasteiger charge is 2.15. The number of aromatic nitrogens is 5. The van der Waals surface area contributed by atoms with Gasteiger partial charge in [-0.05, 0) is 43.0 Å². The Kier molecular flexibility index (Phi) is 4.37. The summed E-state index contributed by atoms with van der Waals surface area (Å²) in [6.45, 7) is 4.02. The second-order valence-electron chi connectivity index (χ2n) is 5.48. The molecule has 4 aromatic rings. The van der Waals surface area contributed by atoms with Crippen LogP contribution in [0.15, 0.2) is 51.5 Å². The summed E-state index contributed by atoms with van der Waals surface area (Å²) in [5, 5.41) is 15.3. The fourth-order valence-corrected chi connectivity index (χ4v) is 3.93. The number of hydrogen-bond donors (Lipinski definition) is 0. The maximum Gasteiger partial charge on any atom is 0.237 e. The van der Waals surface area contributed by atoms with Crippen LogP contribution in [-0.4, -0.2) is 24.9 Å². The van der Waals surface area contributed by atoms with Crippen LogP contribution in [0.5, 0.6) is 0 Å².